The first kappa shape index (κ1) is 16.2. The summed E-state index contributed by atoms with van der Waals surface area (Å²) in [4.78, 5) is 3.08. The summed E-state index contributed by atoms with van der Waals surface area (Å²) in [6.07, 6.45) is 1.11. The summed E-state index contributed by atoms with van der Waals surface area (Å²) in [5.41, 5.74) is 0.339. The van der Waals surface area contributed by atoms with Gasteiger partial charge in [0.2, 0.25) is 0 Å². The highest BCUT2D eigenvalue weighted by Crippen LogP contribution is 2.41. The minimum absolute atomic E-state index is 0.165. The molecule has 0 aliphatic rings. The van der Waals surface area contributed by atoms with E-state index in [-0.39, 0.29) is 12.0 Å². The van der Waals surface area contributed by atoms with Gasteiger partial charge in [-0.3, -0.25) is 0 Å². The number of halogens is 2. The minimum atomic E-state index is -0.709. The molecule has 2 unspecified atom stereocenters. The number of H-pyrrole nitrogens is 1. The van der Waals surface area contributed by atoms with Crippen molar-refractivity contribution in [3.8, 4) is 5.75 Å². The minimum Gasteiger partial charge on any atom is -0.491 e. The summed E-state index contributed by atoms with van der Waals surface area (Å²) in [5.74, 6) is 0.667. The Morgan fingerprint density at radius 1 is 1.24 bits per heavy atom. The summed E-state index contributed by atoms with van der Waals surface area (Å²) in [6, 6.07) is 10.8. The largest absolute Gasteiger partial charge is 0.491 e. The summed E-state index contributed by atoms with van der Waals surface area (Å²) in [7, 11) is 0. The maximum atomic E-state index is 10.4. The first-order chi connectivity index (χ1) is 9.91. The van der Waals surface area contributed by atoms with E-state index in [1.165, 1.54) is 0 Å². The molecule has 2 aromatic rings. The van der Waals surface area contributed by atoms with E-state index in [4.69, 9.17) is 27.9 Å². The fraction of sp³-hybridized carbons (Fsp3) is 0.375. The van der Waals surface area contributed by atoms with Gasteiger partial charge in [-0.05, 0) is 36.4 Å². The molecule has 0 spiro atoms. The molecule has 0 saturated carbocycles. The molecule has 2 N–H and O–H groups in total. The van der Waals surface area contributed by atoms with Crippen molar-refractivity contribution in [3.05, 3.63) is 53.3 Å². The standard InChI is InChI=1S/C16H19Cl2NO2/c1-16(2,15(18)13-4-3-9-19-13)14(20)10-21-12-7-5-11(17)6-8-12/h3-9,14-15,19-20H,10H2,1-2H3. The van der Waals surface area contributed by atoms with Gasteiger partial charge in [0.1, 0.15) is 12.4 Å². The molecule has 2 rings (SSSR count). The molecule has 0 aliphatic carbocycles. The molecule has 0 fully saturated rings. The first-order valence-electron chi connectivity index (χ1n) is 6.75. The zero-order chi connectivity index (χ0) is 15.5. The Hall–Kier alpha value is -1.16. The van der Waals surface area contributed by atoms with Crippen LogP contribution in [0.2, 0.25) is 5.02 Å². The van der Waals surface area contributed by atoms with Crippen molar-refractivity contribution in [2.75, 3.05) is 6.61 Å². The summed E-state index contributed by atoms with van der Waals surface area (Å²) < 4.78 is 5.60. The Kier molecular flexibility index (Phi) is 5.20. The summed E-state index contributed by atoms with van der Waals surface area (Å²) in [6.45, 7) is 4.00. The number of aliphatic hydroxyl groups is 1. The van der Waals surface area contributed by atoms with Crippen LogP contribution in [-0.4, -0.2) is 22.8 Å². The molecule has 21 heavy (non-hydrogen) atoms. The molecule has 1 heterocycles. The number of alkyl halides is 1. The van der Waals surface area contributed by atoms with Gasteiger partial charge in [0.15, 0.2) is 0 Å². The van der Waals surface area contributed by atoms with Crippen LogP contribution in [0, 0.1) is 5.41 Å². The predicted octanol–water partition coefficient (Wildman–Crippen LogP) is 4.41. The highest BCUT2D eigenvalue weighted by atomic mass is 35.5. The molecule has 0 saturated heterocycles. The lowest BCUT2D eigenvalue weighted by Crippen LogP contribution is -2.37. The average Bonchev–Trinajstić information content (AvgIpc) is 2.99. The topological polar surface area (TPSA) is 45.2 Å². The molecule has 1 aromatic heterocycles. The third kappa shape index (κ3) is 3.94. The first-order valence-corrected chi connectivity index (χ1v) is 7.56. The maximum Gasteiger partial charge on any atom is 0.119 e. The Morgan fingerprint density at radius 3 is 2.48 bits per heavy atom. The van der Waals surface area contributed by atoms with Crippen LogP contribution in [-0.2, 0) is 0 Å². The molecule has 114 valence electrons. The molecule has 3 nitrogen and oxygen atoms in total. The smallest absolute Gasteiger partial charge is 0.119 e. The molecule has 0 radical (unpaired) electrons. The van der Waals surface area contributed by atoms with Crippen LogP contribution in [0.3, 0.4) is 0 Å². The number of ether oxygens (including phenoxy) is 1. The van der Waals surface area contributed by atoms with Crippen LogP contribution < -0.4 is 4.74 Å². The fourth-order valence-electron chi connectivity index (χ4n) is 1.99. The van der Waals surface area contributed by atoms with Crippen molar-refractivity contribution < 1.29 is 9.84 Å². The van der Waals surface area contributed by atoms with Crippen LogP contribution >= 0.6 is 23.2 Å². The molecular formula is C16H19Cl2NO2. The van der Waals surface area contributed by atoms with Gasteiger partial charge in [0.25, 0.3) is 0 Å². The number of aromatic nitrogens is 1. The summed E-state index contributed by atoms with van der Waals surface area (Å²) >= 11 is 12.3. The second-order valence-corrected chi connectivity index (χ2v) is 6.46. The molecule has 1 aromatic carbocycles. The molecule has 5 heteroatoms. The van der Waals surface area contributed by atoms with Crippen LogP contribution in [0.5, 0.6) is 5.75 Å². The van der Waals surface area contributed by atoms with Crippen LogP contribution in [0.15, 0.2) is 42.6 Å². The SMILES string of the molecule is CC(C)(C(O)COc1ccc(Cl)cc1)C(Cl)c1ccc[nH]1. The van der Waals surface area contributed by atoms with E-state index in [0.717, 1.165) is 5.69 Å². The number of benzene rings is 1. The Morgan fingerprint density at radius 2 is 1.90 bits per heavy atom. The van der Waals surface area contributed by atoms with E-state index < -0.39 is 11.5 Å². The lowest BCUT2D eigenvalue weighted by molar-refractivity contribution is 0.00857. The number of rotatable bonds is 6. The van der Waals surface area contributed by atoms with E-state index in [1.54, 1.807) is 24.3 Å². The van der Waals surface area contributed by atoms with Gasteiger partial charge >= 0.3 is 0 Å². The number of nitrogens with one attached hydrogen (secondary N) is 1. The number of hydrogen-bond donors (Lipinski definition) is 2. The normalized spacial score (nSPS) is 14.7. The van der Waals surface area contributed by atoms with Crippen molar-refractivity contribution in [1.82, 2.24) is 4.98 Å². The van der Waals surface area contributed by atoms with Crippen LogP contribution in [0.4, 0.5) is 0 Å². The Balaban J connectivity index is 1.98. The molecule has 0 bridgehead atoms. The van der Waals surface area contributed by atoms with E-state index in [2.05, 4.69) is 4.98 Å². The maximum absolute atomic E-state index is 10.4. The fourth-order valence-corrected chi connectivity index (χ4v) is 2.40. The lowest BCUT2D eigenvalue weighted by atomic mass is 9.81. The zero-order valence-electron chi connectivity index (χ0n) is 12.0. The van der Waals surface area contributed by atoms with Crippen LogP contribution in [0.1, 0.15) is 24.9 Å². The van der Waals surface area contributed by atoms with Gasteiger partial charge < -0.3 is 14.8 Å². The van der Waals surface area contributed by atoms with Crippen molar-refractivity contribution in [3.63, 3.8) is 0 Å². The van der Waals surface area contributed by atoms with Gasteiger partial charge in [-0.2, -0.15) is 0 Å². The van der Waals surface area contributed by atoms with Gasteiger partial charge in [-0.1, -0.05) is 25.4 Å². The average molecular weight is 328 g/mol. The zero-order valence-corrected chi connectivity index (χ0v) is 13.5. The number of aromatic amines is 1. The van der Waals surface area contributed by atoms with Crippen molar-refractivity contribution >= 4 is 23.2 Å². The van der Waals surface area contributed by atoms with E-state index in [0.29, 0.717) is 10.8 Å². The molecule has 0 amide bonds. The predicted molar refractivity (Wildman–Crippen MR) is 86.1 cm³/mol. The second kappa shape index (κ2) is 6.73. The summed E-state index contributed by atoms with van der Waals surface area (Å²) in [5, 5.41) is 10.7. The van der Waals surface area contributed by atoms with E-state index in [9.17, 15) is 5.11 Å². The van der Waals surface area contributed by atoms with Gasteiger partial charge in [0, 0.05) is 22.3 Å². The lowest BCUT2D eigenvalue weighted by Gasteiger charge is -2.34. The highest BCUT2D eigenvalue weighted by Gasteiger charge is 2.37. The molecular weight excluding hydrogens is 309 g/mol. The highest BCUT2D eigenvalue weighted by molar-refractivity contribution is 6.30. The number of hydrogen-bond acceptors (Lipinski definition) is 2. The number of aliphatic hydroxyl groups excluding tert-OH is 1. The third-order valence-corrected chi connectivity index (χ3v) is 4.68. The van der Waals surface area contributed by atoms with E-state index >= 15 is 0 Å². The van der Waals surface area contributed by atoms with Gasteiger partial charge in [-0.25, -0.2) is 0 Å². The Labute approximate surface area is 134 Å². The third-order valence-electron chi connectivity index (χ3n) is 3.63. The van der Waals surface area contributed by atoms with Crippen molar-refractivity contribution in [2.24, 2.45) is 5.41 Å². The van der Waals surface area contributed by atoms with Crippen molar-refractivity contribution in [1.29, 1.82) is 0 Å². The molecule has 2 atom stereocenters. The van der Waals surface area contributed by atoms with E-state index in [1.807, 2.05) is 32.2 Å². The Bertz CT molecular complexity index is 552. The monoisotopic (exact) mass is 327 g/mol. The quantitative estimate of drug-likeness (QED) is 0.771. The van der Waals surface area contributed by atoms with Crippen LogP contribution in [0.25, 0.3) is 0 Å². The van der Waals surface area contributed by atoms with Crippen molar-refractivity contribution in [2.45, 2.75) is 25.3 Å². The van der Waals surface area contributed by atoms with Gasteiger partial charge in [0.05, 0.1) is 11.5 Å². The second-order valence-electron chi connectivity index (χ2n) is 5.59. The molecule has 0 aliphatic heterocycles. The van der Waals surface area contributed by atoms with Gasteiger partial charge in [-0.15, -0.1) is 11.6 Å².